The zero-order valence-electron chi connectivity index (χ0n) is 14.7. The first-order valence-corrected chi connectivity index (χ1v) is 8.14. The Morgan fingerprint density at radius 1 is 1.30 bits per heavy atom. The molecule has 0 spiro atoms. The van der Waals surface area contributed by atoms with E-state index in [1.54, 1.807) is 6.20 Å². The van der Waals surface area contributed by atoms with Crippen LogP contribution in [0.4, 0.5) is 0 Å². The van der Waals surface area contributed by atoms with Crippen molar-refractivity contribution in [3.63, 3.8) is 0 Å². The van der Waals surface area contributed by atoms with Crippen LogP contribution in [0.15, 0.2) is 46.1 Å². The number of aliphatic imine (C=N–C) groups is 1. The third-order valence-electron chi connectivity index (χ3n) is 3.59. The third-order valence-corrected chi connectivity index (χ3v) is 3.59. The Hall–Kier alpha value is -0.506. The van der Waals surface area contributed by atoms with Gasteiger partial charge in [-0.1, -0.05) is 27.2 Å². The zero-order valence-corrected chi connectivity index (χ0v) is 17.6. The van der Waals surface area contributed by atoms with Gasteiger partial charge in [-0.25, -0.2) is 0 Å². The quantitative estimate of drug-likeness (QED) is 0.404. The summed E-state index contributed by atoms with van der Waals surface area (Å²) in [6, 6.07) is 0.356. The van der Waals surface area contributed by atoms with Gasteiger partial charge in [0.05, 0.1) is 6.04 Å². The number of nitrogens with two attached hydrogens (primary N) is 1. The molecule has 0 aromatic rings. The molecule has 125 valence electrons. The van der Waals surface area contributed by atoms with Crippen molar-refractivity contribution >= 4 is 6.21 Å². The van der Waals surface area contributed by atoms with E-state index < -0.39 is 0 Å². The molecule has 1 aliphatic heterocycles. The van der Waals surface area contributed by atoms with Gasteiger partial charge in [0.25, 0.3) is 0 Å². The summed E-state index contributed by atoms with van der Waals surface area (Å²) in [7, 11) is 0. The molecule has 0 aromatic carbocycles. The van der Waals surface area contributed by atoms with Crippen molar-refractivity contribution in [2.24, 2.45) is 10.7 Å². The van der Waals surface area contributed by atoms with Gasteiger partial charge in [-0.15, -0.1) is 11.6 Å². The first kappa shape index (κ1) is 22.5. The Morgan fingerprint density at radius 3 is 2.61 bits per heavy atom. The normalized spacial score (nSPS) is 18.7. The SMILES string of the molecule is CCC/C=C/C(C)=[C-]/C=C(C)/C(C=NC1CCOCC1)=C/N.[Y]. The largest absolute Gasteiger partial charge is 0.405 e. The molecule has 1 aliphatic rings. The summed E-state index contributed by atoms with van der Waals surface area (Å²) in [5.74, 6) is 0. The van der Waals surface area contributed by atoms with Gasteiger partial charge >= 0.3 is 0 Å². The molecule has 1 rings (SSSR count). The molecule has 1 radical (unpaired) electrons. The summed E-state index contributed by atoms with van der Waals surface area (Å²) < 4.78 is 5.34. The summed E-state index contributed by atoms with van der Waals surface area (Å²) in [4.78, 5) is 4.62. The molecule has 4 heteroatoms. The first-order chi connectivity index (χ1) is 10.7. The Balaban J connectivity index is 0.00000484. The van der Waals surface area contributed by atoms with Gasteiger partial charge in [-0.05, 0) is 31.0 Å². The standard InChI is InChI=1S/C19H29N2O.Y/c1-4-5-6-7-16(2)8-9-17(3)18(14-20)15-21-19-10-12-22-13-11-19;/h6-7,9,14-15,19H,4-5,10-13,20H2,1-3H3;/q-1;/b7-6+,17-9+,18-14+,21-15?;. The molecule has 1 saturated heterocycles. The molecule has 0 aromatic heterocycles. The summed E-state index contributed by atoms with van der Waals surface area (Å²) in [5.41, 5.74) is 8.86. The fourth-order valence-corrected chi connectivity index (χ4v) is 2.08. The molecular formula is C19H29N2OY-. The predicted molar refractivity (Wildman–Crippen MR) is 94.8 cm³/mol. The van der Waals surface area contributed by atoms with E-state index in [2.05, 4.69) is 37.1 Å². The minimum absolute atomic E-state index is 0. The number of nitrogens with zero attached hydrogens (tertiary/aromatic N) is 1. The molecule has 0 unspecified atom stereocenters. The average Bonchev–Trinajstić information content (AvgIpc) is 2.54. The van der Waals surface area contributed by atoms with Crippen LogP contribution in [0.3, 0.4) is 0 Å². The van der Waals surface area contributed by atoms with E-state index in [0.29, 0.717) is 6.04 Å². The maximum absolute atomic E-state index is 5.73. The van der Waals surface area contributed by atoms with Crippen molar-refractivity contribution in [3.05, 3.63) is 47.2 Å². The van der Waals surface area contributed by atoms with Crippen molar-refractivity contribution in [3.8, 4) is 0 Å². The van der Waals surface area contributed by atoms with Crippen LogP contribution in [0, 0.1) is 6.08 Å². The number of allylic oxidation sites excluding steroid dienone is 7. The molecule has 1 fully saturated rings. The van der Waals surface area contributed by atoms with Gasteiger partial charge < -0.3 is 10.5 Å². The predicted octanol–water partition coefficient (Wildman–Crippen LogP) is 4.13. The van der Waals surface area contributed by atoms with Gasteiger partial charge in [0.2, 0.25) is 0 Å². The molecule has 0 atom stereocenters. The summed E-state index contributed by atoms with van der Waals surface area (Å²) >= 11 is 0. The molecule has 23 heavy (non-hydrogen) atoms. The van der Waals surface area contributed by atoms with E-state index in [1.807, 2.05) is 19.2 Å². The molecule has 0 aliphatic carbocycles. The first-order valence-electron chi connectivity index (χ1n) is 8.14. The molecule has 0 amide bonds. The molecule has 1 heterocycles. The minimum Gasteiger partial charge on any atom is -0.405 e. The fourth-order valence-electron chi connectivity index (χ4n) is 2.08. The Labute approximate surface area is 166 Å². The van der Waals surface area contributed by atoms with Crippen LogP contribution in [0.25, 0.3) is 0 Å². The number of hydrogen-bond acceptors (Lipinski definition) is 3. The van der Waals surface area contributed by atoms with Gasteiger partial charge in [-0.2, -0.15) is 23.8 Å². The number of unbranched alkanes of at least 4 members (excludes halogenated alkanes) is 1. The van der Waals surface area contributed by atoms with Gasteiger partial charge in [-0.3, -0.25) is 4.99 Å². The van der Waals surface area contributed by atoms with Crippen LogP contribution in [0.2, 0.25) is 0 Å². The van der Waals surface area contributed by atoms with E-state index in [4.69, 9.17) is 10.5 Å². The van der Waals surface area contributed by atoms with E-state index in [-0.39, 0.29) is 32.7 Å². The summed E-state index contributed by atoms with van der Waals surface area (Å²) in [5, 5.41) is 0. The van der Waals surface area contributed by atoms with Crippen LogP contribution >= 0.6 is 0 Å². The molecular weight excluding hydrogens is 361 g/mol. The smallest absolute Gasteiger partial charge is 0.0543 e. The number of rotatable bonds is 7. The van der Waals surface area contributed by atoms with Crippen molar-refractivity contribution in [2.75, 3.05) is 13.2 Å². The van der Waals surface area contributed by atoms with E-state index >= 15 is 0 Å². The molecule has 3 nitrogen and oxygen atoms in total. The monoisotopic (exact) mass is 390 g/mol. The second-order valence-electron chi connectivity index (χ2n) is 5.59. The van der Waals surface area contributed by atoms with Crippen molar-refractivity contribution in [1.82, 2.24) is 0 Å². The Bertz CT molecular complexity index is 470. The summed E-state index contributed by atoms with van der Waals surface area (Å²) in [6.45, 7) is 7.87. The Morgan fingerprint density at radius 2 is 2.00 bits per heavy atom. The average molecular weight is 390 g/mol. The number of ether oxygens (including phenoxy) is 1. The van der Waals surface area contributed by atoms with Crippen molar-refractivity contribution in [1.29, 1.82) is 0 Å². The van der Waals surface area contributed by atoms with Gasteiger partial charge in [0.1, 0.15) is 0 Å². The van der Waals surface area contributed by atoms with Crippen molar-refractivity contribution in [2.45, 2.75) is 52.5 Å². The second kappa shape index (κ2) is 13.9. The fraction of sp³-hybridized carbons (Fsp3) is 0.526. The molecule has 0 saturated carbocycles. The van der Waals surface area contributed by atoms with E-state index in [9.17, 15) is 0 Å². The Kier molecular flexibility index (Phi) is 13.6. The second-order valence-corrected chi connectivity index (χ2v) is 5.59. The zero-order chi connectivity index (χ0) is 16.2. The van der Waals surface area contributed by atoms with E-state index in [1.165, 1.54) is 6.42 Å². The minimum atomic E-state index is 0. The van der Waals surface area contributed by atoms with Crippen LogP contribution in [-0.4, -0.2) is 25.5 Å². The molecule has 2 N–H and O–H groups in total. The summed E-state index contributed by atoms with van der Waals surface area (Å²) in [6.07, 6.45) is 17.3. The van der Waals surface area contributed by atoms with Gasteiger partial charge in [0, 0.05) is 52.1 Å². The maximum atomic E-state index is 5.73. The van der Waals surface area contributed by atoms with E-state index in [0.717, 1.165) is 49.2 Å². The van der Waals surface area contributed by atoms with Crippen LogP contribution < -0.4 is 5.73 Å². The third kappa shape index (κ3) is 10.1. The van der Waals surface area contributed by atoms with Crippen LogP contribution in [0.1, 0.15) is 46.5 Å². The van der Waals surface area contributed by atoms with Crippen LogP contribution in [-0.2, 0) is 37.4 Å². The molecule has 0 bridgehead atoms. The van der Waals surface area contributed by atoms with Crippen molar-refractivity contribution < 1.29 is 37.4 Å². The number of hydrogen-bond donors (Lipinski definition) is 1. The van der Waals surface area contributed by atoms with Crippen LogP contribution in [0.5, 0.6) is 0 Å². The topological polar surface area (TPSA) is 47.6 Å². The maximum Gasteiger partial charge on any atom is 0.0543 e. The van der Waals surface area contributed by atoms with Gasteiger partial charge in [0.15, 0.2) is 0 Å².